The van der Waals surface area contributed by atoms with E-state index in [1.54, 1.807) is 12.1 Å². The molecule has 0 aliphatic rings. The Bertz CT molecular complexity index is 911. The Labute approximate surface area is 165 Å². The van der Waals surface area contributed by atoms with Crippen molar-refractivity contribution in [1.29, 1.82) is 0 Å². The van der Waals surface area contributed by atoms with Crippen LogP contribution in [0.3, 0.4) is 0 Å². The molecule has 0 unspecified atom stereocenters. The Kier molecular flexibility index (Phi) is 6.22. The first-order chi connectivity index (χ1) is 13.5. The third-order valence-corrected chi connectivity index (χ3v) is 4.00. The van der Waals surface area contributed by atoms with Gasteiger partial charge in [-0.05, 0) is 55.8 Å². The van der Waals surface area contributed by atoms with Crippen molar-refractivity contribution < 1.29 is 9.53 Å². The average Bonchev–Trinajstić information content (AvgIpc) is 2.68. The molecule has 1 N–H and O–H groups in total. The van der Waals surface area contributed by atoms with Crippen molar-refractivity contribution >= 4 is 17.4 Å². The van der Waals surface area contributed by atoms with Crippen LogP contribution in [0.5, 0.6) is 5.75 Å². The van der Waals surface area contributed by atoms with Gasteiger partial charge in [-0.2, -0.15) is 0 Å². The number of nitrogens with one attached hydrogen (secondary N) is 1. The van der Waals surface area contributed by atoms with Gasteiger partial charge in [-0.15, -0.1) is 10.2 Å². The highest BCUT2D eigenvalue weighted by atomic mass is 16.5. The zero-order valence-corrected chi connectivity index (χ0v) is 16.3. The van der Waals surface area contributed by atoms with E-state index in [0.29, 0.717) is 12.4 Å². The van der Waals surface area contributed by atoms with Crippen molar-refractivity contribution in [2.24, 2.45) is 0 Å². The van der Waals surface area contributed by atoms with Crippen LogP contribution in [-0.4, -0.2) is 29.3 Å². The third-order valence-electron chi connectivity index (χ3n) is 4.00. The second-order valence-corrected chi connectivity index (χ2v) is 6.77. The molecule has 0 saturated heterocycles. The first-order valence-corrected chi connectivity index (χ1v) is 9.18. The van der Waals surface area contributed by atoms with Crippen molar-refractivity contribution in [3.05, 3.63) is 78.0 Å². The first-order valence-electron chi connectivity index (χ1n) is 9.18. The standard InChI is InChI=1S/C22H24N4O2/c1-16(2)28-19-11-7-8-17(14-19)15-26(3)21-13-12-20(24-25-21)22(27)23-18-9-5-4-6-10-18/h4-14,16H,15H2,1-3H3,(H,23,27). The van der Waals surface area contributed by atoms with E-state index in [1.807, 2.05) is 80.4 Å². The van der Waals surface area contributed by atoms with Gasteiger partial charge in [-0.1, -0.05) is 30.3 Å². The van der Waals surface area contributed by atoms with Crippen molar-refractivity contribution in [2.45, 2.75) is 26.5 Å². The van der Waals surface area contributed by atoms with Crippen LogP contribution in [0.1, 0.15) is 29.9 Å². The molecule has 0 aliphatic heterocycles. The van der Waals surface area contributed by atoms with E-state index in [1.165, 1.54) is 0 Å². The fourth-order valence-corrected chi connectivity index (χ4v) is 2.71. The van der Waals surface area contributed by atoms with Gasteiger partial charge in [0.15, 0.2) is 11.5 Å². The molecule has 0 saturated carbocycles. The number of rotatable bonds is 7. The maximum Gasteiger partial charge on any atom is 0.276 e. The molecule has 0 fully saturated rings. The van der Waals surface area contributed by atoms with E-state index in [2.05, 4.69) is 15.5 Å². The Morgan fingerprint density at radius 3 is 2.50 bits per heavy atom. The SMILES string of the molecule is CC(C)Oc1cccc(CN(C)c2ccc(C(=O)Nc3ccccc3)nn2)c1. The predicted octanol–water partition coefficient (Wildman–Crippen LogP) is 4.15. The second kappa shape index (κ2) is 8.99. The van der Waals surface area contributed by atoms with Crippen LogP contribution in [0.2, 0.25) is 0 Å². The maximum atomic E-state index is 12.3. The monoisotopic (exact) mass is 376 g/mol. The zero-order chi connectivity index (χ0) is 19.9. The van der Waals surface area contributed by atoms with E-state index >= 15 is 0 Å². The molecule has 1 heterocycles. The summed E-state index contributed by atoms with van der Waals surface area (Å²) in [6.45, 7) is 4.66. The molecule has 0 atom stereocenters. The van der Waals surface area contributed by atoms with Crippen LogP contribution in [-0.2, 0) is 6.54 Å². The van der Waals surface area contributed by atoms with Gasteiger partial charge in [0.2, 0.25) is 0 Å². The minimum atomic E-state index is -0.286. The van der Waals surface area contributed by atoms with Crippen LogP contribution in [0.15, 0.2) is 66.7 Å². The number of hydrogen-bond donors (Lipinski definition) is 1. The van der Waals surface area contributed by atoms with E-state index in [0.717, 1.165) is 17.0 Å². The molecule has 3 rings (SSSR count). The van der Waals surface area contributed by atoms with E-state index in [9.17, 15) is 4.79 Å². The molecular formula is C22H24N4O2. The molecule has 3 aromatic rings. The largest absolute Gasteiger partial charge is 0.491 e. The Morgan fingerprint density at radius 2 is 1.82 bits per heavy atom. The average molecular weight is 376 g/mol. The molecule has 6 heteroatoms. The van der Waals surface area contributed by atoms with E-state index < -0.39 is 0 Å². The van der Waals surface area contributed by atoms with Crippen LogP contribution < -0.4 is 15.0 Å². The van der Waals surface area contributed by atoms with Crippen LogP contribution >= 0.6 is 0 Å². The Balaban J connectivity index is 1.63. The summed E-state index contributed by atoms with van der Waals surface area (Å²) in [4.78, 5) is 14.2. The molecular weight excluding hydrogens is 352 g/mol. The van der Waals surface area contributed by atoms with Crippen LogP contribution in [0.25, 0.3) is 0 Å². The third kappa shape index (κ3) is 5.30. The predicted molar refractivity (Wildman–Crippen MR) is 111 cm³/mol. The molecule has 28 heavy (non-hydrogen) atoms. The molecule has 0 aliphatic carbocycles. The molecule has 0 spiro atoms. The van der Waals surface area contributed by atoms with E-state index in [-0.39, 0.29) is 17.7 Å². The van der Waals surface area contributed by atoms with Crippen molar-refractivity contribution in [1.82, 2.24) is 10.2 Å². The number of ether oxygens (including phenoxy) is 1. The molecule has 0 bridgehead atoms. The number of hydrogen-bond acceptors (Lipinski definition) is 5. The lowest BCUT2D eigenvalue weighted by molar-refractivity contribution is 0.102. The summed E-state index contributed by atoms with van der Waals surface area (Å²) in [5.74, 6) is 1.25. The maximum absolute atomic E-state index is 12.3. The lowest BCUT2D eigenvalue weighted by atomic mass is 10.2. The highest BCUT2D eigenvalue weighted by molar-refractivity contribution is 6.02. The molecule has 1 amide bonds. The molecule has 0 radical (unpaired) electrons. The number of carbonyl (C=O) groups excluding carboxylic acids is 1. The van der Waals surface area contributed by atoms with Gasteiger partial charge in [-0.25, -0.2) is 0 Å². The van der Waals surface area contributed by atoms with Gasteiger partial charge in [0.1, 0.15) is 5.75 Å². The first kappa shape index (κ1) is 19.4. The Hall–Kier alpha value is -3.41. The molecule has 6 nitrogen and oxygen atoms in total. The summed E-state index contributed by atoms with van der Waals surface area (Å²) in [6.07, 6.45) is 0.133. The highest BCUT2D eigenvalue weighted by Crippen LogP contribution is 2.18. The van der Waals surface area contributed by atoms with E-state index in [4.69, 9.17) is 4.74 Å². The number of amides is 1. The fraction of sp³-hybridized carbons (Fsp3) is 0.227. The summed E-state index contributed by atoms with van der Waals surface area (Å²) < 4.78 is 5.74. The normalized spacial score (nSPS) is 10.6. The summed E-state index contributed by atoms with van der Waals surface area (Å²) in [6, 6.07) is 20.7. The fourth-order valence-electron chi connectivity index (χ4n) is 2.71. The van der Waals surface area contributed by atoms with Crippen LogP contribution in [0.4, 0.5) is 11.5 Å². The minimum absolute atomic E-state index is 0.133. The quantitative estimate of drug-likeness (QED) is 0.671. The molecule has 2 aromatic carbocycles. The van der Waals surface area contributed by atoms with Gasteiger partial charge in [-0.3, -0.25) is 4.79 Å². The number of benzene rings is 2. The van der Waals surface area contributed by atoms with Crippen molar-refractivity contribution in [3.63, 3.8) is 0 Å². The number of nitrogens with zero attached hydrogens (tertiary/aromatic N) is 3. The summed E-state index contributed by atoms with van der Waals surface area (Å²) >= 11 is 0. The Morgan fingerprint density at radius 1 is 1.04 bits per heavy atom. The number of aromatic nitrogens is 2. The smallest absolute Gasteiger partial charge is 0.276 e. The summed E-state index contributed by atoms with van der Waals surface area (Å²) in [7, 11) is 1.93. The minimum Gasteiger partial charge on any atom is -0.491 e. The van der Waals surface area contributed by atoms with Gasteiger partial charge in [0.25, 0.3) is 5.91 Å². The van der Waals surface area contributed by atoms with Gasteiger partial charge >= 0.3 is 0 Å². The lowest BCUT2D eigenvalue weighted by Crippen LogP contribution is -2.20. The van der Waals surface area contributed by atoms with Crippen LogP contribution in [0, 0.1) is 0 Å². The summed E-state index contributed by atoms with van der Waals surface area (Å²) in [5, 5.41) is 11.1. The van der Waals surface area contributed by atoms with Gasteiger partial charge < -0.3 is 15.0 Å². The second-order valence-electron chi connectivity index (χ2n) is 6.77. The molecule has 144 valence electrons. The van der Waals surface area contributed by atoms with Crippen molar-refractivity contribution in [2.75, 3.05) is 17.3 Å². The number of carbonyl (C=O) groups is 1. The van der Waals surface area contributed by atoms with Crippen molar-refractivity contribution in [3.8, 4) is 5.75 Å². The zero-order valence-electron chi connectivity index (χ0n) is 16.3. The van der Waals surface area contributed by atoms with Gasteiger partial charge in [0, 0.05) is 19.3 Å². The summed E-state index contributed by atoms with van der Waals surface area (Å²) in [5.41, 5.74) is 2.10. The topological polar surface area (TPSA) is 67.3 Å². The number of anilines is 2. The highest BCUT2D eigenvalue weighted by Gasteiger charge is 2.11. The van der Waals surface area contributed by atoms with Gasteiger partial charge in [0.05, 0.1) is 6.10 Å². The lowest BCUT2D eigenvalue weighted by Gasteiger charge is -2.18. The molecule has 1 aromatic heterocycles. The number of para-hydroxylation sites is 1.